The molecule has 1 N–H and O–H groups in total. The number of aryl methyl sites for hydroxylation is 1. The molecule has 1 atom stereocenters. The van der Waals surface area contributed by atoms with E-state index in [1.807, 2.05) is 24.3 Å². The minimum atomic E-state index is -0.627. The van der Waals surface area contributed by atoms with Crippen LogP contribution < -0.4 is 5.32 Å². The number of hydrogen-bond donors (Lipinski definition) is 1. The number of rotatable bonds is 6. The van der Waals surface area contributed by atoms with Crippen LogP contribution in [0.5, 0.6) is 0 Å². The topological polar surface area (TPSA) is 71.3 Å². The van der Waals surface area contributed by atoms with Gasteiger partial charge in [0.25, 0.3) is 5.89 Å². The molecule has 1 aliphatic rings. The van der Waals surface area contributed by atoms with Crippen molar-refractivity contribution in [2.75, 3.05) is 0 Å². The minimum Gasteiger partial charge on any atom is -0.334 e. The number of urea groups is 1. The number of halogens is 2. The molecule has 2 amide bonds. The summed E-state index contributed by atoms with van der Waals surface area (Å²) in [4.78, 5) is 19.3. The van der Waals surface area contributed by atoms with Crippen LogP contribution in [0.3, 0.4) is 0 Å². The molecule has 1 unspecified atom stereocenters. The maximum Gasteiger partial charge on any atom is 0.322 e. The smallest absolute Gasteiger partial charge is 0.322 e. The van der Waals surface area contributed by atoms with Gasteiger partial charge in [-0.1, -0.05) is 60.6 Å². The Hall–Kier alpha value is -4.33. The SMILES string of the molecule is CCc1ccc(-c2noc(C3=C(C)N(Cc4ccc(F)cc4)C(=O)NC3c3ccc(F)cc3)n2)cc1. The molecule has 0 radical (unpaired) electrons. The van der Waals surface area contributed by atoms with E-state index in [2.05, 4.69) is 22.4 Å². The lowest BCUT2D eigenvalue weighted by molar-refractivity contribution is 0.203. The molecule has 0 spiro atoms. The molecule has 8 heteroatoms. The van der Waals surface area contributed by atoms with Crippen LogP contribution in [0.2, 0.25) is 0 Å². The molecule has 1 aromatic heterocycles. The molecule has 6 nitrogen and oxygen atoms in total. The summed E-state index contributed by atoms with van der Waals surface area (Å²) in [6.07, 6.45) is 0.923. The van der Waals surface area contributed by atoms with E-state index < -0.39 is 6.04 Å². The van der Waals surface area contributed by atoms with Crippen LogP contribution in [0.25, 0.3) is 17.0 Å². The highest BCUT2D eigenvalue weighted by Gasteiger charge is 2.35. The fraction of sp³-hybridized carbons (Fsp3) is 0.179. The number of allylic oxidation sites excluding steroid dienone is 1. The summed E-state index contributed by atoms with van der Waals surface area (Å²) in [5.41, 5.74) is 4.65. The van der Waals surface area contributed by atoms with Gasteiger partial charge in [-0.2, -0.15) is 4.98 Å². The number of aromatic nitrogens is 2. The van der Waals surface area contributed by atoms with E-state index in [-0.39, 0.29) is 30.1 Å². The summed E-state index contributed by atoms with van der Waals surface area (Å²) >= 11 is 0. The van der Waals surface area contributed by atoms with Gasteiger partial charge in [0.05, 0.1) is 18.2 Å². The minimum absolute atomic E-state index is 0.219. The Kier molecular flexibility index (Phi) is 6.33. The average molecular weight is 487 g/mol. The molecule has 3 aromatic carbocycles. The number of nitrogens with zero attached hydrogens (tertiary/aromatic N) is 3. The Morgan fingerprint density at radius 2 is 1.53 bits per heavy atom. The van der Waals surface area contributed by atoms with E-state index >= 15 is 0 Å². The second-order valence-electron chi connectivity index (χ2n) is 8.62. The van der Waals surface area contributed by atoms with E-state index in [0.29, 0.717) is 22.7 Å². The Morgan fingerprint density at radius 1 is 0.917 bits per heavy atom. The van der Waals surface area contributed by atoms with Gasteiger partial charge in [0.2, 0.25) is 5.82 Å². The maximum atomic E-state index is 13.6. The van der Waals surface area contributed by atoms with Crippen LogP contribution in [-0.4, -0.2) is 21.1 Å². The predicted octanol–water partition coefficient (Wildman–Crippen LogP) is 6.27. The molecule has 0 aliphatic carbocycles. The van der Waals surface area contributed by atoms with Crippen molar-refractivity contribution in [3.63, 3.8) is 0 Å². The Bertz CT molecular complexity index is 1410. The average Bonchev–Trinajstić information content (AvgIpc) is 3.37. The first-order chi connectivity index (χ1) is 17.4. The van der Waals surface area contributed by atoms with E-state index in [1.165, 1.54) is 29.8 Å². The summed E-state index contributed by atoms with van der Waals surface area (Å²) in [6, 6.07) is 18.8. The number of nitrogens with one attached hydrogen (secondary N) is 1. The van der Waals surface area contributed by atoms with Gasteiger partial charge in [0.15, 0.2) is 0 Å². The van der Waals surface area contributed by atoms with Gasteiger partial charge in [-0.25, -0.2) is 13.6 Å². The van der Waals surface area contributed by atoms with Gasteiger partial charge in [0, 0.05) is 11.3 Å². The second kappa shape index (κ2) is 9.73. The Labute approximate surface area is 207 Å². The molecule has 0 bridgehead atoms. The van der Waals surface area contributed by atoms with E-state index in [1.54, 1.807) is 36.1 Å². The number of carbonyl (C=O) groups is 1. The molecule has 5 rings (SSSR count). The van der Waals surface area contributed by atoms with Gasteiger partial charge in [-0.15, -0.1) is 0 Å². The summed E-state index contributed by atoms with van der Waals surface area (Å²) < 4.78 is 32.7. The highest BCUT2D eigenvalue weighted by Crippen LogP contribution is 2.38. The zero-order valence-electron chi connectivity index (χ0n) is 19.8. The van der Waals surface area contributed by atoms with Crippen molar-refractivity contribution in [1.82, 2.24) is 20.4 Å². The molecular weight excluding hydrogens is 462 g/mol. The maximum absolute atomic E-state index is 13.6. The first-order valence-corrected chi connectivity index (χ1v) is 11.6. The monoisotopic (exact) mass is 486 g/mol. The fourth-order valence-corrected chi connectivity index (χ4v) is 4.27. The van der Waals surface area contributed by atoms with Crippen molar-refractivity contribution in [3.05, 3.63) is 113 Å². The molecule has 1 aliphatic heterocycles. The summed E-state index contributed by atoms with van der Waals surface area (Å²) in [5.74, 6) is -0.0542. The van der Waals surface area contributed by atoms with Crippen molar-refractivity contribution in [1.29, 1.82) is 0 Å². The zero-order valence-corrected chi connectivity index (χ0v) is 19.8. The van der Waals surface area contributed by atoms with Crippen LogP contribution in [0, 0.1) is 11.6 Å². The lowest BCUT2D eigenvalue weighted by atomic mass is 9.94. The van der Waals surface area contributed by atoms with Crippen LogP contribution in [0.15, 0.2) is 83.0 Å². The third kappa shape index (κ3) is 4.62. The molecule has 4 aromatic rings. The summed E-state index contributed by atoms with van der Waals surface area (Å²) in [7, 11) is 0. The third-order valence-corrected chi connectivity index (χ3v) is 6.33. The van der Waals surface area contributed by atoms with E-state index in [9.17, 15) is 13.6 Å². The lowest BCUT2D eigenvalue weighted by Gasteiger charge is -2.35. The standard InChI is InChI=1S/C28H24F2N4O2/c1-3-18-4-8-21(9-5-18)26-32-27(36-33-26)24-17(2)34(16-19-6-12-22(29)13-7-19)28(35)31-25(24)20-10-14-23(30)15-11-20/h4-15,25H,3,16H2,1-2H3,(H,31,35). The largest absolute Gasteiger partial charge is 0.334 e. The van der Waals surface area contributed by atoms with Crippen molar-refractivity contribution in [2.45, 2.75) is 32.9 Å². The van der Waals surface area contributed by atoms with E-state index in [0.717, 1.165) is 17.5 Å². The number of carbonyl (C=O) groups excluding carboxylic acids is 1. The Balaban J connectivity index is 1.57. The molecule has 2 heterocycles. The van der Waals surface area contributed by atoms with Crippen molar-refractivity contribution in [2.24, 2.45) is 0 Å². The summed E-state index contributed by atoms with van der Waals surface area (Å²) in [5, 5.41) is 7.16. The van der Waals surface area contributed by atoms with Gasteiger partial charge in [-0.3, -0.25) is 4.90 Å². The van der Waals surface area contributed by atoms with Crippen LogP contribution >= 0.6 is 0 Å². The fourth-order valence-electron chi connectivity index (χ4n) is 4.27. The van der Waals surface area contributed by atoms with Crippen LogP contribution in [-0.2, 0) is 13.0 Å². The second-order valence-corrected chi connectivity index (χ2v) is 8.62. The van der Waals surface area contributed by atoms with Crippen molar-refractivity contribution in [3.8, 4) is 11.4 Å². The summed E-state index contributed by atoms with van der Waals surface area (Å²) in [6.45, 7) is 4.10. The third-order valence-electron chi connectivity index (χ3n) is 6.33. The molecule has 0 saturated heterocycles. The quantitative estimate of drug-likeness (QED) is 0.348. The first kappa shape index (κ1) is 23.4. The lowest BCUT2D eigenvalue weighted by Crippen LogP contribution is -2.45. The normalized spacial score (nSPS) is 15.8. The molecule has 36 heavy (non-hydrogen) atoms. The molecule has 0 saturated carbocycles. The van der Waals surface area contributed by atoms with Crippen LogP contribution in [0.4, 0.5) is 13.6 Å². The van der Waals surface area contributed by atoms with E-state index in [4.69, 9.17) is 4.52 Å². The molecular formula is C28H24F2N4O2. The van der Waals surface area contributed by atoms with Gasteiger partial charge < -0.3 is 9.84 Å². The van der Waals surface area contributed by atoms with Gasteiger partial charge in [-0.05, 0) is 54.3 Å². The van der Waals surface area contributed by atoms with Crippen LogP contribution in [0.1, 0.15) is 42.5 Å². The number of amides is 2. The van der Waals surface area contributed by atoms with Crippen molar-refractivity contribution < 1.29 is 18.1 Å². The zero-order chi connectivity index (χ0) is 25.2. The molecule has 182 valence electrons. The van der Waals surface area contributed by atoms with Gasteiger partial charge >= 0.3 is 6.03 Å². The predicted molar refractivity (Wildman–Crippen MR) is 131 cm³/mol. The highest BCUT2D eigenvalue weighted by molar-refractivity contribution is 5.86. The molecule has 0 fully saturated rings. The number of hydrogen-bond acceptors (Lipinski definition) is 4. The highest BCUT2D eigenvalue weighted by atomic mass is 19.1. The number of benzene rings is 3. The van der Waals surface area contributed by atoms with Crippen molar-refractivity contribution >= 4 is 11.6 Å². The first-order valence-electron chi connectivity index (χ1n) is 11.6. The van der Waals surface area contributed by atoms with Gasteiger partial charge in [0.1, 0.15) is 11.6 Å². The Morgan fingerprint density at radius 3 is 2.17 bits per heavy atom.